The lowest BCUT2D eigenvalue weighted by Gasteiger charge is -2.11. The summed E-state index contributed by atoms with van der Waals surface area (Å²) in [5, 5.41) is 0. The minimum Gasteiger partial charge on any atom is -0.443 e. The Morgan fingerprint density at radius 3 is 1.72 bits per heavy atom. The molecule has 0 unspecified atom stereocenters. The molecule has 2 aromatic rings. The van der Waals surface area contributed by atoms with Crippen LogP contribution in [0.1, 0.15) is 43.6 Å². The Morgan fingerprint density at radius 1 is 0.759 bits per heavy atom. The van der Waals surface area contributed by atoms with Gasteiger partial charge in [-0.25, -0.2) is 4.79 Å². The maximum Gasteiger partial charge on any atom is 0.627 e. The van der Waals surface area contributed by atoms with Gasteiger partial charge in [-0.3, -0.25) is 4.79 Å². The fraction of sp³-hybridized carbons (Fsp3) is 0.273. The van der Waals surface area contributed by atoms with Crippen molar-refractivity contribution in [2.24, 2.45) is 0 Å². The van der Waals surface area contributed by atoms with E-state index in [1.807, 2.05) is 0 Å². The number of hydrogen-bond acceptors (Lipinski definition) is 5. The van der Waals surface area contributed by atoms with Crippen LogP contribution in [0.25, 0.3) is 0 Å². The lowest BCUT2D eigenvalue weighted by atomic mass is 10.0. The van der Waals surface area contributed by atoms with Crippen molar-refractivity contribution in [1.29, 1.82) is 0 Å². The van der Waals surface area contributed by atoms with Gasteiger partial charge in [-0.05, 0) is 39.8 Å². The highest BCUT2D eigenvalue weighted by atomic mass is 16.6. The lowest BCUT2D eigenvalue weighted by Crippen LogP contribution is -2.46. The molecule has 2 aromatic carbocycles. The number of hydrazone groups is 1. The minimum atomic E-state index is -0.899. The zero-order chi connectivity index (χ0) is 21.4. The number of nitrogens with one attached hydrogen (secondary N) is 1. The molecule has 152 valence electrons. The number of Topliss-reactive ketones (excluding diaryl/α,β-unsaturated/α-hetero) is 1. The van der Waals surface area contributed by atoms with Crippen LogP contribution in [0.15, 0.2) is 60.7 Å². The predicted octanol–water partition coefficient (Wildman–Crippen LogP) is 3.97. The van der Waals surface area contributed by atoms with Crippen molar-refractivity contribution in [3.05, 3.63) is 71.8 Å². The molecule has 2 rings (SSSR count). The first kappa shape index (κ1) is 21.8. The molecule has 7 nitrogen and oxygen atoms in total. The van der Waals surface area contributed by atoms with E-state index in [2.05, 4.69) is 5.43 Å². The molecule has 7 heteroatoms. The highest BCUT2D eigenvalue weighted by molar-refractivity contribution is 6.50. The molecule has 0 fully saturated rings. The van der Waals surface area contributed by atoms with Gasteiger partial charge in [-0.1, -0.05) is 54.0 Å². The second-order valence-electron chi connectivity index (χ2n) is 6.74. The lowest BCUT2D eigenvalue weighted by molar-refractivity contribution is -0.495. The van der Waals surface area contributed by atoms with Gasteiger partial charge in [0.05, 0.1) is 11.7 Å². The third kappa shape index (κ3) is 6.27. The Balaban J connectivity index is 2.65. The van der Waals surface area contributed by atoms with E-state index < -0.39 is 30.2 Å². The van der Waals surface area contributed by atoms with E-state index in [0.29, 0.717) is 11.1 Å². The van der Waals surface area contributed by atoms with E-state index in [-0.39, 0.29) is 5.71 Å². The first-order valence-corrected chi connectivity index (χ1v) is 9.29. The molecule has 0 spiro atoms. The summed E-state index contributed by atoms with van der Waals surface area (Å²) >= 11 is 0. The van der Waals surface area contributed by atoms with E-state index in [9.17, 15) is 14.4 Å². The molecule has 1 N–H and O–H groups in total. The monoisotopic (exact) mass is 397 g/mol. The largest absolute Gasteiger partial charge is 0.627 e. The highest BCUT2D eigenvalue weighted by Crippen LogP contribution is 2.10. The van der Waals surface area contributed by atoms with Crippen LogP contribution < -0.4 is 5.43 Å². The molecule has 0 aromatic heterocycles. The number of amides is 2. The number of rotatable bonds is 5. The van der Waals surface area contributed by atoms with Gasteiger partial charge in [0.1, 0.15) is 6.10 Å². The van der Waals surface area contributed by atoms with Crippen molar-refractivity contribution < 1.29 is 28.5 Å². The number of benzene rings is 2. The van der Waals surface area contributed by atoms with Crippen LogP contribution in [-0.4, -0.2) is 40.6 Å². The molecular weight excluding hydrogens is 372 g/mol. The van der Waals surface area contributed by atoms with Gasteiger partial charge in [0.2, 0.25) is 0 Å². The van der Waals surface area contributed by atoms with Crippen molar-refractivity contribution in [2.45, 2.75) is 39.9 Å². The van der Waals surface area contributed by atoms with Gasteiger partial charge in [0.15, 0.2) is 0 Å². The quantitative estimate of drug-likeness (QED) is 0.357. The van der Waals surface area contributed by atoms with Crippen LogP contribution in [0.2, 0.25) is 0 Å². The Bertz CT molecular complexity index is 890. The van der Waals surface area contributed by atoms with Gasteiger partial charge in [0.25, 0.3) is 11.5 Å². The van der Waals surface area contributed by atoms with E-state index >= 15 is 0 Å². The van der Waals surface area contributed by atoms with Crippen LogP contribution in [0.5, 0.6) is 0 Å². The van der Waals surface area contributed by atoms with E-state index in [1.165, 1.54) is 0 Å². The second-order valence-corrected chi connectivity index (χ2v) is 6.74. The average molecular weight is 397 g/mol. The number of nitrogens with zero attached hydrogens (tertiary/aromatic N) is 1. The number of hydrogen-bond donors (Lipinski definition) is 1. The van der Waals surface area contributed by atoms with E-state index in [1.54, 1.807) is 88.4 Å². The van der Waals surface area contributed by atoms with Gasteiger partial charge in [-0.15, -0.1) is 0 Å². The zero-order valence-electron chi connectivity index (χ0n) is 16.9. The molecule has 0 saturated heterocycles. The van der Waals surface area contributed by atoms with Crippen LogP contribution in [0, 0.1) is 0 Å². The summed E-state index contributed by atoms with van der Waals surface area (Å²) in [4.78, 5) is 38.3. The van der Waals surface area contributed by atoms with Crippen LogP contribution >= 0.6 is 0 Å². The van der Waals surface area contributed by atoms with Crippen molar-refractivity contribution in [2.75, 3.05) is 0 Å². The first-order chi connectivity index (χ1) is 13.8. The van der Waals surface area contributed by atoms with Gasteiger partial charge >= 0.3 is 12.2 Å². The molecule has 0 aliphatic heterocycles. The summed E-state index contributed by atoms with van der Waals surface area (Å²) < 4.78 is 11.1. The zero-order valence-corrected chi connectivity index (χ0v) is 16.9. The second kappa shape index (κ2) is 10.2. The molecule has 0 bridgehead atoms. The molecule has 0 aliphatic rings. The summed E-state index contributed by atoms with van der Waals surface area (Å²) in [5.74, 6) is -0.456. The molecule has 29 heavy (non-hydrogen) atoms. The molecule has 0 radical (unpaired) electrons. The number of hydrazine groups is 1. The summed E-state index contributed by atoms with van der Waals surface area (Å²) in [6.07, 6.45) is -2.65. The minimum absolute atomic E-state index is 0.0526. The van der Waals surface area contributed by atoms with Crippen molar-refractivity contribution >= 4 is 23.7 Å². The van der Waals surface area contributed by atoms with E-state index in [0.717, 1.165) is 4.68 Å². The molecule has 0 saturated carbocycles. The first-order valence-electron chi connectivity index (χ1n) is 9.29. The summed E-state index contributed by atoms with van der Waals surface area (Å²) in [5.41, 5.74) is 3.08. The fourth-order valence-electron chi connectivity index (χ4n) is 2.46. The summed E-state index contributed by atoms with van der Waals surface area (Å²) in [7, 11) is 0. The van der Waals surface area contributed by atoms with Crippen LogP contribution in [0.4, 0.5) is 9.59 Å². The summed E-state index contributed by atoms with van der Waals surface area (Å²) in [6, 6.07) is 17.0. The average Bonchev–Trinajstić information content (AvgIpc) is 2.67. The van der Waals surface area contributed by atoms with Gasteiger partial charge < -0.3 is 9.47 Å². The Labute approximate surface area is 169 Å². The maximum atomic E-state index is 13.3. The number of carbonyl (C=O) groups excluding carboxylic acids is 3. The van der Waals surface area contributed by atoms with Crippen molar-refractivity contribution in [3.8, 4) is 0 Å². The fourth-order valence-corrected chi connectivity index (χ4v) is 2.46. The van der Waals surface area contributed by atoms with Crippen LogP contribution in [0.3, 0.4) is 0 Å². The molecular formula is C22H25N2O5+. The van der Waals surface area contributed by atoms with Gasteiger partial charge in [-0.2, -0.15) is 4.79 Å². The third-order valence-electron chi connectivity index (χ3n) is 3.59. The van der Waals surface area contributed by atoms with Gasteiger partial charge in [0, 0.05) is 10.2 Å². The smallest absolute Gasteiger partial charge is 0.443 e. The third-order valence-corrected chi connectivity index (χ3v) is 3.59. The normalized spacial score (nSPS) is 11.7. The number of ether oxygens (including phenoxy) is 2. The Morgan fingerprint density at radius 2 is 1.24 bits per heavy atom. The molecule has 0 heterocycles. The SMILES string of the molecule is CC(C)OC(=O)N/[N+](C(=O)OC(C)C)=C(\C(=O)c1ccccc1)c1ccccc1. The number of ketones is 1. The van der Waals surface area contributed by atoms with E-state index in [4.69, 9.17) is 9.47 Å². The Kier molecular flexibility index (Phi) is 7.65. The summed E-state index contributed by atoms with van der Waals surface area (Å²) in [6.45, 7) is 6.69. The van der Waals surface area contributed by atoms with Crippen molar-refractivity contribution in [3.63, 3.8) is 0 Å². The molecule has 0 atom stereocenters. The highest BCUT2D eigenvalue weighted by Gasteiger charge is 2.36. The predicted molar refractivity (Wildman–Crippen MR) is 108 cm³/mol. The maximum absolute atomic E-state index is 13.3. The molecule has 0 aliphatic carbocycles. The van der Waals surface area contributed by atoms with Crippen LogP contribution in [-0.2, 0) is 9.47 Å². The standard InChI is InChI=1S/C22H24N2O5/c1-15(2)28-21(26)23-24(22(27)29-16(3)4)19(17-11-7-5-8-12-17)20(25)18-13-9-6-10-14-18/h5-16H,1-4H3/p+1. The molecule has 2 amide bonds. The number of carbonyl (C=O) groups is 3. The topological polar surface area (TPSA) is 84.7 Å². The Hall–Kier alpha value is -3.48. The van der Waals surface area contributed by atoms with Crippen molar-refractivity contribution in [1.82, 2.24) is 5.43 Å².